The first kappa shape index (κ1) is 40.0. The van der Waals surface area contributed by atoms with Crippen LogP contribution in [0.15, 0.2) is 60.7 Å². The van der Waals surface area contributed by atoms with Gasteiger partial charge in [0.2, 0.25) is 0 Å². The van der Waals surface area contributed by atoms with Crippen LogP contribution in [0.1, 0.15) is 79.8 Å². The Kier molecular flexibility index (Phi) is 10.5. The minimum absolute atomic E-state index is 0.0389. The highest BCUT2D eigenvalue weighted by molar-refractivity contribution is 6.35. The maximum absolute atomic E-state index is 15.5. The molecule has 5 heterocycles. The predicted molar refractivity (Wildman–Crippen MR) is 233 cm³/mol. The summed E-state index contributed by atoms with van der Waals surface area (Å²) in [5.41, 5.74) is 10.6. The highest BCUT2D eigenvalue weighted by Crippen LogP contribution is 2.46. The minimum Gasteiger partial charge on any atom is -0.508 e. The number of nitrogens with zero attached hydrogens (tertiary/aromatic N) is 6. The van der Waals surface area contributed by atoms with E-state index < -0.39 is 5.97 Å². The van der Waals surface area contributed by atoms with E-state index in [1.165, 1.54) is 7.11 Å². The summed E-state index contributed by atoms with van der Waals surface area (Å²) < 4.78 is 17.3. The fourth-order valence-electron chi connectivity index (χ4n) is 8.81. The molecule has 0 unspecified atom stereocenters. The Balaban J connectivity index is 1.30. The van der Waals surface area contributed by atoms with Crippen LogP contribution in [0.5, 0.6) is 11.5 Å². The van der Waals surface area contributed by atoms with Gasteiger partial charge in [-0.05, 0) is 114 Å². The monoisotopic (exact) mass is 832 g/mol. The van der Waals surface area contributed by atoms with Crippen LogP contribution in [0.4, 0.5) is 5.69 Å². The highest BCUT2D eigenvalue weighted by atomic mass is 35.5. The lowest BCUT2D eigenvalue weighted by Gasteiger charge is -2.35. The number of carbonyl (C=O) groups is 2. The van der Waals surface area contributed by atoms with E-state index in [9.17, 15) is 9.90 Å². The number of aromatic nitrogens is 5. The number of aromatic hydroxyl groups is 1. The smallest absolute Gasteiger partial charge is 0.354 e. The molecule has 0 aliphatic carbocycles. The minimum atomic E-state index is -0.545. The van der Waals surface area contributed by atoms with Crippen LogP contribution in [0.3, 0.4) is 0 Å². The fourth-order valence-corrected chi connectivity index (χ4v) is 9.16. The molecule has 1 aliphatic heterocycles. The molecule has 3 aromatic carbocycles. The Morgan fingerprint density at radius 2 is 1.71 bits per heavy atom. The van der Waals surface area contributed by atoms with Gasteiger partial charge in [-0.1, -0.05) is 35.3 Å². The van der Waals surface area contributed by atoms with Crippen molar-refractivity contribution in [2.75, 3.05) is 25.2 Å². The first-order valence-electron chi connectivity index (χ1n) is 19.6. The quantitative estimate of drug-likeness (QED) is 0.108. The van der Waals surface area contributed by atoms with Crippen LogP contribution in [0.25, 0.3) is 32.9 Å². The Morgan fingerprint density at radius 3 is 2.39 bits per heavy atom. The van der Waals surface area contributed by atoms with Crippen molar-refractivity contribution >= 4 is 62.6 Å². The van der Waals surface area contributed by atoms with Crippen LogP contribution in [-0.2, 0) is 24.8 Å². The first-order valence-corrected chi connectivity index (χ1v) is 20.4. The Hall–Kier alpha value is -5.78. The van der Waals surface area contributed by atoms with Crippen LogP contribution in [-0.4, -0.2) is 61.1 Å². The fraction of sp³-hybridized carbons (Fsp3) is 0.304. The molecule has 0 fully saturated rings. The first-order chi connectivity index (χ1) is 28.2. The number of amides is 1. The number of phenols is 1. The lowest BCUT2D eigenvalue weighted by molar-refractivity contribution is 0.0589. The van der Waals surface area contributed by atoms with Crippen LogP contribution in [0, 0.1) is 34.6 Å². The molecule has 1 aliphatic rings. The van der Waals surface area contributed by atoms with E-state index in [0.717, 1.165) is 72.3 Å². The third-order valence-electron chi connectivity index (χ3n) is 11.5. The number of rotatable bonds is 10. The molecule has 0 radical (unpaired) electrons. The van der Waals surface area contributed by atoms with Gasteiger partial charge in [-0.15, -0.1) is 0 Å². The molecule has 7 aromatic rings. The van der Waals surface area contributed by atoms with Gasteiger partial charge in [0.25, 0.3) is 5.91 Å². The second kappa shape index (κ2) is 15.4. The zero-order valence-electron chi connectivity index (χ0n) is 34.4. The lowest BCUT2D eigenvalue weighted by Crippen LogP contribution is -2.43. The van der Waals surface area contributed by atoms with Crippen molar-refractivity contribution in [3.63, 3.8) is 0 Å². The van der Waals surface area contributed by atoms with E-state index in [4.69, 9.17) is 42.8 Å². The van der Waals surface area contributed by atoms with Gasteiger partial charge < -0.3 is 28.6 Å². The molecule has 1 atom stereocenters. The van der Waals surface area contributed by atoms with Crippen molar-refractivity contribution in [1.29, 1.82) is 0 Å². The van der Waals surface area contributed by atoms with Crippen molar-refractivity contribution < 1.29 is 24.2 Å². The molecule has 11 nitrogen and oxygen atoms in total. The number of hydrogen-bond donors (Lipinski definition) is 1. The number of esters is 1. The Morgan fingerprint density at radius 1 is 0.966 bits per heavy atom. The summed E-state index contributed by atoms with van der Waals surface area (Å²) in [4.78, 5) is 35.2. The largest absolute Gasteiger partial charge is 0.508 e. The van der Waals surface area contributed by atoms with Crippen LogP contribution in [0.2, 0.25) is 10.0 Å². The summed E-state index contributed by atoms with van der Waals surface area (Å²) in [7, 11) is 3.25. The summed E-state index contributed by atoms with van der Waals surface area (Å²) in [6.45, 7) is 12.8. The molecular weight excluding hydrogens is 787 g/mol. The highest BCUT2D eigenvalue weighted by Gasteiger charge is 2.38. The van der Waals surface area contributed by atoms with E-state index in [1.807, 2.05) is 93.4 Å². The number of ether oxygens (including phenoxy) is 2. The lowest BCUT2D eigenvalue weighted by atomic mass is 9.98. The number of phenolic OH excluding ortho intramolecular Hbond substituents is 1. The third-order valence-corrected chi connectivity index (χ3v) is 12.4. The van der Waals surface area contributed by atoms with Gasteiger partial charge in [-0.2, -0.15) is 5.10 Å². The number of aryl methyl sites for hydroxylation is 6. The summed E-state index contributed by atoms with van der Waals surface area (Å²) in [5.74, 6) is -0.0860. The topological polar surface area (TPSA) is 117 Å². The predicted octanol–water partition coefficient (Wildman–Crippen LogP) is 10.0. The van der Waals surface area contributed by atoms with Gasteiger partial charge in [0, 0.05) is 64.0 Å². The van der Waals surface area contributed by atoms with E-state index in [2.05, 4.69) is 11.5 Å². The van der Waals surface area contributed by atoms with Gasteiger partial charge in [-0.3, -0.25) is 14.5 Å². The maximum Gasteiger partial charge on any atom is 0.354 e. The van der Waals surface area contributed by atoms with Gasteiger partial charge in [0.05, 0.1) is 53.4 Å². The van der Waals surface area contributed by atoms with Crippen LogP contribution >= 0.6 is 23.2 Å². The average molecular weight is 834 g/mol. The number of fused-ring (bicyclic) bond motifs is 4. The molecule has 1 N–H and O–H groups in total. The molecule has 8 rings (SSSR count). The number of pyridine rings is 1. The molecule has 0 bridgehead atoms. The number of anilines is 1. The van der Waals surface area contributed by atoms with Crippen molar-refractivity contribution in [2.45, 2.75) is 67.0 Å². The van der Waals surface area contributed by atoms with Gasteiger partial charge in [0.15, 0.2) is 0 Å². The zero-order valence-corrected chi connectivity index (χ0v) is 35.9. The molecule has 1 amide bonds. The van der Waals surface area contributed by atoms with Crippen molar-refractivity contribution in [1.82, 2.24) is 23.9 Å². The van der Waals surface area contributed by atoms with E-state index in [-0.39, 0.29) is 36.5 Å². The number of halogens is 2. The van der Waals surface area contributed by atoms with Gasteiger partial charge >= 0.3 is 5.97 Å². The van der Waals surface area contributed by atoms with Crippen LogP contribution < -0.4 is 9.64 Å². The second-order valence-corrected chi connectivity index (χ2v) is 16.3. The third kappa shape index (κ3) is 6.89. The number of methoxy groups -OCH3 is 1. The normalized spacial score (nSPS) is 14.1. The molecule has 0 saturated carbocycles. The van der Waals surface area contributed by atoms with Gasteiger partial charge in [-0.25, -0.2) is 4.79 Å². The van der Waals surface area contributed by atoms with E-state index >= 15 is 4.79 Å². The molecular formula is C46H46Cl2N6O5. The van der Waals surface area contributed by atoms with Crippen molar-refractivity contribution in [3.05, 3.63) is 122 Å². The van der Waals surface area contributed by atoms with Crippen molar-refractivity contribution in [2.24, 2.45) is 7.05 Å². The number of hydrogen-bond acceptors (Lipinski definition) is 7. The SMILES string of the molecule is COC(=O)c1cc2cc(O)cc(N3C[C@@H](C)n4c(c(CCCOc5cc(C)c(Cl)c(C)c5)c5ccc(Cl)c(-c6c(C)nn(C)c6C)c54)C3=O)c2n1Cc1cccc(C)n1. The molecule has 4 aromatic heterocycles. The molecule has 0 saturated heterocycles. The van der Waals surface area contributed by atoms with E-state index in [1.54, 1.807) is 23.1 Å². The molecule has 0 spiro atoms. The summed E-state index contributed by atoms with van der Waals surface area (Å²) >= 11 is 13.6. The Bertz CT molecular complexity index is 2830. The molecule has 304 valence electrons. The maximum atomic E-state index is 15.5. The molecule has 59 heavy (non-hydrogen) atoms. The average Bonchev–Trinajstić information content (AvgIpc) is 3.81. The number of carbonyl (C=O) groups excluding carboxylic acids is 2. The second-order valence-electron chi connectivity index (χ2n) is 15.6. The Labute approximate surface area is 352 Å². The summed E-state index contributed by atoms with van der Waals surface area (Å²) in [6.07, 6.45) is 1.14. The van der Waals surface area contributed by atoms with Crippen molar-refractivity contribution in [3.8, 4) is 22.6 Å². The standard InChI is InChI=1S/C46H46Cl2N6O5/c1-24-17-33(18-25(2)41(24)48)59-16-10-13-34-35-14-15-36(47)40(39-28(5)50-51(7)29(39)6)43(35)54-27(4)22-53(45(56)44(34)54)37-21-32(55)19-30-20-38(46(57)58-8)52(42(30)37)23-31-12-9-11-26(3)49-31/h9,11-12,14-15,17-21,27,55H,10,13,16,22-23H2,1-8H3/t27-/m1/s1. The number of benzene rings is 3. The summed E-state index contributed by atoms with van der Waals surface area (Å²) in [6, 6.07) is 18.2. The van der Waals surface area contributed by atoms with Gasteiger partial charge in [0.1, 0.15) is 22.9 Å². The molecule has 13 heteroatoms. The summed E-state index contributed by atoms with van der Waals surface area (Å²) in [5, 5.41) is 18.7. The zero-order chi connectivity index (χ0) is 42.0. The van der Waals surface area contributed by atoms with E-state index in [0.29, 0.717) is 46.8 Å².